The minimum absolute atomic E-state index is 0.114. The quantitative estimate of drug-likeness (QED) is 0.530. The van der Waals surface area contributed by atoms with Crippen molar-refractivity contribution in [1.82, 2.24) is 0 Å². The molecule has 4 unspecified atom stereocenters. The van der Waals surface area contributed by atoms with Gasteiger partial charge in [0, 0.05) is 6.42 Å². The van der Waals surface area contributed by atoms with E-state index in [9.17, 15) is 9.90 Å². The van der Waals surface area contributed by atoms with E-state index in [0.717, 1.165) is 44.1 Å². The minimum atomic E-state index is -0.137. The fourth-order valence-corrected chi connectivity index (χ4v) is 6.79. The number of fused-ring (bicyclic) bond motifs is 5. The number of aliphatic hydroxyl groups excluding tert-OH is 1. The SMILES string of the molecule is C/C=C1\C(=O)C[C@H]2C3CC=C4CC(O)CCC4(C)[C@H]3CCC12C. The van der Waals surface area contributed by atoms with E-state index in [1.807, 2.05) is 6.92 Å². The Kier molecular flexibility index (Phi) is 3.43. The van der Waals surface area contributed by atoms with Crippen LogP contribution in [0.15, 0.2) is 23.3 Å². The van der Waals surface area contributed by atoms with E-state index in [1.165, 1.54) is 12.0 Å². The average Bonchev–Trinajstić information content (AvgIpc) is 2.77. The number of carbonyl (C=O) groups is 1. The number of hydrogen-bond acceptors (Lipinski definition) is 2. The van der Waals surface area contributed by atoms with E-state index >= 15 is 0 Å². The summed E-state index contributed by atoms with van der Waals surface area (Å²) in [4.78, 5) is 12.5. The van der Waals surface area contributed by atoms with Crippen molar-refractivity contribution in [3.63, 3.8) is 0 Å². The van der Waals surface area contributed by atoms with Crippen LogP contribution in [0.1, 0.15) is 65.7 Å². The van der Waals surface area contributed by atoms with E-state index < -0.39 is 0 Å². The van der Waals surface area contributed by atoms with Gasteiger partial charge in [0.15, 0.2) is 5.78 Å². The molecule has 3 saturated carbocycles. The molecule has 23 heavy (non-hydrogen) atoms. The molecule has 0 aromatic rings. The second-order valence-corrected chi connectivity index (χ2v) is 8.94. The normalized spacial score (nSPS) is 51.0. The van der Waals surface area contributed by atoms with Gasteiger partial charge in [-0.05, 0) is 79.6 Å². The van der Waals surface area contributed by atoms with Gasteiger partial charge in [0.1, 0.15) is 0 Å². The first-order valence-electron chi connectivity index (χ1n) is 9.47. The van der Waals surface area contributed by atoms with E-state index in [4.69, 9.17) is 0 Å². The summed E-state index contributed by atoms with van der Waals surface area (Å²) in [5.74, 6) is 2.29. The summed E-state index contributed by atoms with van der Waals surface area (Å²) in [5.41, 5.74) is 3.00. The van der Waals surface area contributed by atoms with Gasteiger partial charge in [0.2, 0.25) is 0 Å². The maximum absolute atomic E-state index is 12.5. The Hall–Kier alpha value is -0.890. The molecule has 4 aliphatic carbocycles. The maximum Gasteiger partial charge on any atom is 0.159 e. The number of Topliss-reactive ketones (excluding diaryl/α,β-unsaturated/α-hetero) is 1. The molecule has 0 radical (unpaired) electrons. The highest BCUT2D eigenvalue weighted by Crippen LogP contribution is 2.65. The molecule has 0 saturated heterocycles. The zero-order valence-electron chi connectivity index (χ0n) is 14.8. The van der Waals surface area contributed by atoms with Gasteiger partial charge in [0.25, 0.3) is 0 Å². The third kappa shape index (κ3) is 2.00. The zero-order chi connectivity index (χ0) is 16.4. The highest BCUT2D eigenvalue weighted by atomic mass is 16.3. The molecule has 0 bridgehead atoms. The van der Waals surface area contributed by atoms with Crippen molar-refractivity contribution in [2.75, 3.05) is 0 Å². The lowest BCUT2D eigenvalue weighted by Gasteiger charge is -2.57. The van der Waals surface area contributed by atoms with Crippen molar-refractivity contribution < 1.29 is 9.90 Å². The Balaban J connectivity index is 1.71. The molecule has 6 atom stereocenters. The summed E-state index contributed by atoms with van der Waals surface area (Å²) in [6.07, 6.45) is 11.6. The molecule has 4 aliphatic rings. The van der Waals surface area contributed by atoms with Crippen molar-refractivity contribution in [1.29, 1.82) is 0 Å². The Bertz CT molecular complexity index is 601. The molecule has 0 aromatic carbocycles. The van der Waals surface area contributed by atoms with Crippen LogP contribution in [0.2, 0.25) is 0 Å². The predicted octanol–water partition coefficient (Wildman–Crippen LogP) is 4.44. The topological polar surface area (TPSA) is 37.3 Å². The third-order valence-electron chi connectivity index (χ3n) is 8.08. The Morgan fingerprint density at radius 2 is 1.87 bits per heavy atom. The second kappa shape index (κ2) is 5.05. The number of hydrogen-bond donors (Lipinski definition) is 1. The molecule has 1 N–H and O–H groups in total. The van der Waals surface area contributed by atoms with E-state index in [2.05, 4.69) is 26.0 Å². The molecule has 0 aliphatic heterocycles. The van der Waals surface area contributed by atoms with Gasteiger partial charge in [-0.15, -0.1) is 0 Å². The highest BCUT2D eigenvalue weighted by Gasteiger charge is 2.59. The Morgan fingerprint density at radius 3 is 2.61 bits per heavy atom. The molecule has 3 fully saturated rings. The largest absolute Gasteiger partial charge is 0.393 e. The molecular formula is C21H30O2. The fourth-order valence-electron chi connectivity index (χ4n) is 6.79. The Morgan fingerprint density at radius 1 is 1.13 bits per heavy atom. The van der Waals surface area contributed by atoms with Crippen LogP contribution in [0.25, 0.3) is 0 Å². The first-order valence-corrected chi connectivity index (χ1v) is 9.47. The van der Waals surface area contributed by atoms with E-state index in [-0.39, 0.29) is 16.9 Å². The van der Waals surface area contributed by atoms with Crippen LogP contribution in [0.3, 0.4) is 0 Å². The van der Waals surface area contributed by atoms with Crippen molar-refractivity contribution in [3.8, 4) is 0 Å². The van der Waals surface area contributed by atoms with Crippen LogP contribution in [-0.2, 0) is 4.79 Å². The van der Waals surface area contributed by atoms with Gasteiger partial charge < -0.3 is 5.11 Å². The van der Waals surface area contributed by atoms with Crippen molar-refractivity contribution in [3.05, 3.63) is 23.3 Å². The van der Waals surface area contributed by atoms with Crippen LogP contribution >= 0.6 is 0 Å². The molecule has 0 amide bonds. The van der Waals surface area contributed by atoms with E-state index in [0.29, 0.717) is 23.5 Å². The summed E-state index contributed by atoms with van der Waals surface area (Å²) in [6.45, 7) is 6.83. The first kappa shape index (κ1) is 15.6. The van der Waals surface area contributed by atoms with Gasteiger partial charge in [-0.3, -0.25) is 4.79 Å². The van der Waals surface area contributed by atoms with Gasteiger partial charge in [-0.2, -0.15) is 0 Å². The minimum Gasteiger partial charge on any atom is -0.393 e. The van der Waals surface area contributed by atoms with E-state index in [1.54, 1.807) is 0 Å². The van der Waals surface area contributed by atoms with Gasteiger partial charge in [0.05, 0.1) is 6.10 Å². The van der Waals surface area contributed by atoms with Crippen molar-refractivity contribution in [2.45, 2.75) is 71.8 Å². The van der Waals surface area contributed by atoms with Gasteiger partial charge in [-0.1, -0.05) is 31.6 Å². The summed E-state index contributed by atoms with van der Waals surface area (Å²) >= 11 is 0. The lowest BCUT2D eigenvalue weighted by atomic mass is 9.48. The molecule has 0 spiro atoms. The first-order chi connectivity index (χ1) is 10.9. The smallest absolute Gasteiger partial charge is 0.159 e. The van der Waals surface area contributed by atoms with Crippen LogP contribution in [0, 0.1) is 28.6 Å². The molecule has 4 rings (SSSR count). The molecule has 0 aromatic heterocycles. The van der Waals surface area contributed by atoms with Crippen molar-refractivity contribution in [2.24, 2.45) is 28.6 Å². The average molecular weight is 314 g/mol. The highest BCUT2D eigenvalue weighted by molar-refractivity contribution is 5.99. The second-order valence-electron chi connectivity index (χ2n) is 8.94. The molecule has 2 heteroatoms. The molecular weight excluding hydrogens is 284 g/mol. The predicted molar refractivity (Wildman–Crippen MR) is 91.9 cm³/mol. The van der Waals surface area contributed by atoms with Crippen LogP contribution in [0.5, 0.6) is 0 Å². The fraction of sp³-hybridized carbons (Fsp3) is 0.762. The van der Waals surface area contributed by atoms with Crippen molar-refractivity contribution >= 4 is 5.78 Å². The monoisotopic (exact) mass is 314 g/mol. The maximum atomic E-state index is 12.5. The number of rotatable bonds is 0. The number of allylic oxidation sites excluding steroid dienone is 3. The van der Waals surface area contributed by atoms with Crippen LogP contribution in [0.4, 0.5) is 0 Å². The lowest BCUT2D eigenvalue weighted by molar-refractivity contribution is -0.115. The van der Waals surface area contributed by atoms with Gasteiger partial charge in [-0.25, -0.2) is 0 Å². The summed E-state index contributed by atoms with van der Waals surface area (Å²) in [5, 5.41) is 10.1. The van der Waals surface area contributed by atoms with Crippen LogP contribution in [-0.4, -0.2) is 17.0 Å². The summed E-state index contributed by atoms with van der Waals surface area (Å²) < 4.78 is 0. The molecule has 2 nitrogen and oxygen atoms in total. The zero-order valence-corrected chi connectivity index (χ0v) is 14.8. The Labute approximate surface area is 140 Å². The lowest BCUT2D eigenvalue weighted by Crippen LogP contribution is -2.49. The third-order valence-corrected chi connectivity index (χ3v) is 8.08. The number of ketones is 1. The molecule has 126 valence electrons. The van der Waals surface area contributed by atoms with Crippen LogP contribution < -0.4 is 0 Å². The summed E-state index contributed by atoms with van der Waals surface area (Å²) in [7, 11) is 0. The number of aliphatic hydroxyl groups is 1. The summed E-state index contributed by atoms with van der Waals surface area (Å²) in [6, 6.07) is 0. The number of carbonyl (C=O) groups excluding carboxylic acids is 1. The standard InChI is InChI=1S/C21H30O2/c1-4-16-19(23)12-18-15-6-5-13-11-14(22)7-9-20(13,2)17(15)8-10-21(16,18)3/h4-5,14-15,17-18,22H,6-12H2,1-3H3/b16-4+/t14?,15?,17-,18-,20?,21?/m0/s1. The van der Waals surface area contributed by atoms with Gasteiger partial charge >= 0.3 is 0 Å². The molecule has 0 heterocycles.